The van der Waals surface area contributed by atoms with Crippen LogP contribution in [0.1, 0.15) is 0 Å². The van der Waals surface area contributed by atoms with Crippen molar-refractivity contribution >= 4 is 30.2 Å². The molecular weight excluding hydrogens is 287 g/mol. The first kappa shape index (κ1) is 12.2. The maximum absolute atomic E-state index is 9.74. The van der Waals surface area contributed by atoms with E-state index in [0.29, 0.717) is 11.5 Å². The summed E-state index contributed by atoms with van der Waals surface area (Å²) in [4.78, 5) is 12.0. The number of hydrogen-bond acceptors (Lipinski definition) is 5. The Morgan fingerprint density at radius 1 is 0.833 bits per heavy atom. The van der Waals surface area contributed by atoms with Crippen molar-refractivity contribution in [2.45, 2.75) is 9.79 Å². The molecule has 1 unspecified atom stereocenters. The summed E-state index contributed by atoms with van der Waals surface area (Å²) in [6, 6.07) is 15.2. The molecule has 4 bridgehead atoms. The Labute approximate surface area is 114 Å². The SMILES string of the molecule is OP1Oc2ccc(cc2)SSc2cccc(c2)O1. The highest BCUT2D eigenvalue weighted by atomic mass is 33.1. The fourth-order valence-electron chi connectivity index (χ4n) is 1.43. The van der Waals surface area contributed by atoms with Crippen LogP contribution < -0.4 is 9.05 Å². The second-order valence-electron chi connectivity index (χ2n) is 3.53. The van der Waals surface area contributed by atoms with Gasteiger partial charge in [0.15, 0.2) is 0 Å². The highest BCUT2D eigenvalue weighted by Gasteiger charge is 2.13. The van der Waals surface area contributed by atoms with Gasteiger partial charge in [-0.2, -0.15) is 0 Å². The molecule has 0 amide bonds. The minimum atomic E-state index is -1.95. The Bertz CT molecular complexity index is 547. The van der Waals surface area contributed by atoms with Gasteiger partial charge in [0.05, 0.1) is 0 Å². The Morgan fingerprint density at radius 2 is 1.56 bits per heavy atom. The first-order valence-electron chi connectivity index (χ1n) is 5.19. The van der Waals surface area contributed by atoms with Crippen molar-refractivity contribution in [3.63, 3.8) is 0 Å². The Morgan fingerprint density at radius 3 is 2.39 bits per heavy atom. The number of fused-ring (bicyclic) bond motifs is 5. The monoisotopic (exact) mass is 296 g/mol. The Hall–Kier alpha value is -0.870. The van der Waals surface area contributed by atoms with Gasteiger partial charge in [0.1, 0.15) is 11.5 Å². The van der Waals surface area contributed by atoms with Gasteiger partial charge in [-0.1, -0.05) is 27.7 Å². The van der Waals surface area contributed by atoms with Gasteiger partial charge in [-0.05, 0) is 42.5 Å². The summed E-state index contributed by atoms with van der Waals surface area (Å²) in [5, 5.41) is 0. The third-order valence-electron chi connectivity index (χ3n) is 2.23. The van der Waals surface area contributed by atoms with Crippen molar-refractivity contribution in [1.29, 1.82) is 0 Å². The van der Waals surface area contributed by atoms with Gasteiger partial charge >= 0.3 is 8.60 Å². The van der Waals surface area contributed by atoms with Gasteiger partial charge in [-0.3, -0.25) is 0 Å². The van der Waals surface area contributed by atoms with Crippen LogP contribution in [0.25, 0.3) is 0 Å². The molecule has 2 aromatic carbocycles. The first-order chi connectivity index (χ1) is 8.79. The van der Waals surface area contributed by atoms with Gasteiger partial charge in [0.25, 0.3) is 0 Å². The number of hydrogen-bond donors (Lipinski definition) is 1. The molecule has 2 aliphatic rings. The van der Waals surface area contributed by atoms with E-state index in [1.165, 1.54) is 0 Å². The zero-order chi connectivity index (χ0) is 12.4. The van der Waals surface area contributed by atoms with Crippen molar-refractivity contribution in [1.82, 2.24) is 0 Å². The molecule has 2 aliphatic heterocycles. The molecule has 6 heteroatoms. The van der Waals surface area contributed by atoms with Crippen LogP contribution in [0.5, 0.6) is 11.5 Å². The topological polar surface area (TPSA) is 38.7 Å². The van der Waals surface area contributed by atoms with E-state index < -0.39 is 8.60 Å². The summed E-state index contributed by atoms with van der Waals surface area (Å²) in [5.74, 6) is 1.22. The molecule has 3 nitrogen and oxygen atoms in total. The normalized spacial score (nSPS) is 18.2. The minimum Gasteiger partial charge on any atom is -0.418 e. The molecule has 0 fully saturated rings. The molecular formula is C12H9O3PS2. The maximum Gasteiger partial charge on any atom is 0.460 e. The number of benzene rings is 2. The van der Waals surface area contributed by atoms with Gasteiger partial charge in [0.2, 0.25) is 0 Å². The molecule has 0 aliphatic carbocycles. The molecule has 0 radical (unpaired) electrons. The van der Waals surface area contributed by atoms with Crippen molar-refractivity contribution in [3.8, 4) is 11.5 Å². The van der Waals surface area contributed by atoms with Crippen LogP contribution in [0.15, 0.2) is 58.3 Å². The van der Waals surface area contributed by atoms with Gasteiger partial charge < -0.3 is 13.9 Å². The van der Waals surface area contributed by atoms with Crippen LogP contribution in [0.3, 0.4) is 0 Å². The number of rotatable bonds is 0. The lowest BCUT2D eigenvalue weighted by molar-refractivity contribution is 0.381. The fraction of sp³-hybridized carbons (Fsp3) is 0. The van der Waals surface area contributed by atoms with Crippen molar-refractivity contribution < 1.29 is 13.9 Å². The van der Waals surface area contributed by atoms with Crippen molar-refractivity contribution in [3.05, 3.63) is 48.5 Å². The molecule has 2 heterocycles. The molecule has 18 heavy (non-hydrogen) atoms. The van der Waals surface area contributed by atoms with Crippen LogP contribution in [0.4, 0.5) is 0 Å². The largest absolute Gasteiger partial charge is 0.460 e. The lowest BCUT2D eigenvalue weighted by atomic mass is 10.3. The predicted molar refractivity (Wildman–Crippen MR) is 75.0 cm³/mol. The van der Waals surface area contributed by atoms with E-state index in [0.717, 1.165) is 9.79 Å². The van der Waals surface area contributed by atoms with E-state index in [1.807, 2.05) is 42.5 Å². The van der Waals surface area contributed by atoms with E-state index in [9.17, 15) is 4.89 Å². The van der Waals surface area contributed by atoms with Crippen LogP contribution in [-0.2, 0) is 0 Å². The second-order valence-corrected chi connectivity index (χ2v) is 6.65. The maximum atomic E-state index is 9.74. The summed E-state index contributed by atoms with van der Waals surface area (Å²) in [5.41, 5.74) is 0. The third-order valence-corrected chi connectivity index (χ3v) is 5.36. The molecule has 0 saturated heterocycles. The molecule has 4 rings (SSSR count). The third kappa shape index (κ3) is 2.93. The summed E-state index contributed by atoms with van der Waals surface area (Å²) >= 11 is 0. The molecule has 1 N–H and O–H groups in total. The van der Waals surface area contributed by atoms with E-state index in [-0.39, 0.29) is 0 Å². The zero-order valence-electron chi connectivity index (χ0n) is 9.15. The second kappa shape index (κ2) is 5.41. The summed E-state index contributed by atoms with van der Waals surface area (Å²) in [6.45, 7) is 0. The van der Waals surface area contributed by atoms with Gasteiger partial charge in [-0.15, -0.1) is 0 Å². The molecule has 0 saturated carbocycles. The lowest BCUT2D eigenvalue weighted by Crippen LogP contribution is -1.94. The van der Waals surface area contributed by atoms with E-state index in [4.69, 9.17) is 9.05 Å². The standard InChI is InChI=1S/C12H9O3PS2/c13-16-14-9-4-6-11(7-5-9)17-18-12-3-1-2-10(8-12)15-16/h1-8,13H. The zero-order valence-corrected chi connectivity index (χ0v) is 11.7. The molecule has 1 atom stereocenters. The average Bonchev–Trinajstić information content (AvgIpc) is 2.37. The van der Waals surface area contributed by atoms with Gasteiger partial charge in [-0.25, -0.2) is 0 Å². The van der Waals surface area contributed by atoms with Crippen molar-refractivity contribution in [2.75, 3.05) is 0 Å². The van der Waals surface area contributed by atoms with Gasteiger partial charge in [0, 0.05) is 9.79 Å². The fourth-order valence-corrected chi connectivity index (χ4v) is 4.03. The predicted octanol–water partition coefficient (Wildman–Crippen LogP) is 4.48. The Balaban J connectivity index is 1.95. The molecule has 0 spiro atoms. The minimum absolute atomic E-state index is 0.606. The van der Waals surface area contributed by atoms with Crippen LogP contribution in [0, 0.1) is 0 Å². The Kier molecular flexibility index (Phi) is 3.66. The molecule has 0 aromatic heterocycles. The van der Waals surface area contributed by atoms with E-state index in [2.05, 4.69) is 0 Å². The van der Waals surface area contributed by atoms with Crippen LogP contribution in [-0.4, -0.2) is 4.89 Å². The summed E-state index contributed by atoms with van der Waals surface area (Å²) < 4.78 is 10.7. The molecule has 92 valence electrons. The van der Waals surface area contributed by atoms with Crippen LogP contribution >= 0.6 is 30.2 Å². The highest BCUT2D eigenvalue weighted by molar-refractivity contribution is 8.76. The van der Waals surface area contributed by atoms with Crippen molar-refractivity contribution in [2.24, 2.45) is 0 Å². The van der Waals surface area contributed by atoms with Crippen LogP contribution in [0.2, 0.25) is 0 Å². The highest BCUT2D eigenvalue weighted by Crippen LogP contribution is 2.43. The smallest absolute Gasteiger partial charge is 0.418 e. The summed E-state index contributed by atoms with van der Waals surface area (Å²) in [7, 11) is 1.38. The first-order valence-corrected chi connectivity index (χ1v) is 8.47. The molecule has 2 aromatic rings. The quantitative estimate of drug-likeness (QED) is 0.573. The lowest BCUT2D eigenvalue weighted by Gasteiger charge is -2.14. The average molecular weight is 296 g/mol. The summed E-state index contributed by atoms with van der Waals surface area (Å²) in [6.07, 6.45) is 0. The van der Waals surface area contributed by atoms with E-state index >= 15 is 0 Å². The van der Waals surface area contributed by atoms with E-state index in [1.54, 1.807) is 27.7 Å².